The summed E-state index contributed by atoms with van der Waals surface area (Å²) in [4.78, 5) is 8.90. The lowest BCUT2D eigenvalue weighted by atomic mass is 9.99. The van der Waals surface area contributed by atoms with E-state index in [0.717, 1.165) is 12.0 Å². The zero-order chi connectivity index (χ0) is 23.7. The van der Waals surface area contributed by atoms with Crippen molar-refractivity contribution in [3.05, 3.63) is 60.6 Å². The third-order valence-electron chi connectivity index (χ3n) is 5.79. The minimum absolute atomic E-state index is 0.0893. The van der Waals surface area contributed by atoms with E-state index >= 15 is 0 Å². The minimum Gasteiger partial charge on any atom is -0.487 e. The minimum atomic E-state index is -2.54. The average molecular weight is 466 g/mol. The molecule has 1 fully saturated rings. The van der Waals surface area contributed by atoms with Crippen LogP contribution in [-0.2, 0) is 11.3 Å². The van der Waals surface area contributed by atoms with Gasteiger partial charge in [0.1, 0.15) is 30.4 Å². The number of ether oxygens (including phenoxy) is 2. The van der Waals surface area contributed by atoms with Crippen LogP contribution in [-0.4, -0.2) is 50.6 Å². The van der Waals surface area contributed by atoms with Gasteiger partial charge in [-0.1, -0.05) is 30.3 Å². The predicted octanol–water partition coefficient (Wildman–Crippen LogP) is 4.65. The molecule has 0 aliphatic carbocycles. The fourth-order valence-corrected chi connectivity index (χ4v) is 4.17. The molecular weight excluding hydrogens is 442 g/mol. The van der Waals surface area contributed by atoms with Gasteiger partial charge in [-0.3, -0.25) is 4.68 Å². The van der Waals surface area contributed by atoms with Crippen molar-refractivity contribution in [2.24, 2.45) is 0 Å². The van der Waals surface area contributed by atoms with Gasteiger partial charge >= 0.3 is 0 Å². The summed E-state index contributed by atoms with van der Waals surface area (Å²) >= 11 is 0. The Labute approximate surface area is 195 Å². The molecule has 1 aliphatic rings. The molecule has 1 aliphatic heterocycles. The molecule has 0 radical (unpaired) electrons. The largest absolute Gasteiger partial charge is 0.487 e. The summed E-state index contributed by atoms with van der Waals surface area (Å²) < 4.78 is 39.0. The van der Waals surface area contributed by atoms with Gasteiger partial charge in [-0.2, -0.15) is 5.10 Å². The van der Waals surface area contributed by atoms with E-state index in [1.807, 2.05) is 30.3 Å². The molecule has 3 heterocycles. The molecule has 9 heteroatoms. The maximum Gasteiger partial charge on any atom is 0.257 e. The van der Waals surface area contributed by atoms with Crippen molar-refractivity contribution >= 4 is 10.9 Å². The lowest BCUT2D eigenvalue weighted by molar-refractivity contribution is 0.122. The maximum atomic E-state index is 13.1. The second-order valence-electron chi connectivity index (χ2n) is 8.28. The molecule has 7 nitrogen and oxygen atoms in total. The number of aliphatic hydroxyl groups is 1. The first-order chi connectivity index (χ1) is 16.5. The average Bonchev–Trinajstić information content (AvgIpc) is 3.48. The molecule has 4 aromatic rings. The van der Waals surface area contributed by atoms with E-state index in [0.29, 0.717) is 52.4 Å². The topological polar surface area (TPSA) is 82.3 Å². The van der Waals surface area contributed by atoms with Crippen molar-refractivity contribution in [2.45, 2.75) is 38.5 Å². The van der Waals surface area contributed by atoms with Gasteiger partial charge in [-0.25, -0.2) is 18.7 Å². The zero-order valence-corrected chi connectivity index (χ0v) is 18.6. The SMILES string of the molecule is CC(O)c1cc2c(-c3cn(CC(F)F)nc3-c3ccccc3)ncnc2cc1O[C@H]1CCOC1. The number of alkyl halides is 2. The smallest absolute Gasteiger partial charge is 0.257 e. The molecule has 0 bridgehead atoms. The van der Waals surface area contributed by atoms with Crippen LogP contribution >= 0.6 is 0 Å². The van der Waals surface area contributed by atoms with Crippen molar-refractivity contribution in [2.75, 3.05) is 13.2 Å². The Morgan fingerprint density at radius 1 is 1.18 bits per heavy atom. The van der Waals surface area contributed by atoms with Gasteiger partial charge < -0.3 is 14.6 Å². The van der Waals surface area contributed by atoms with Crippen LogP contribution < -0.4 is 4.74 Å². The van der Waals surface area contributed by atoms with Crippen LogP contribution in [0, 0.1) is 0 Å². The normalized spacial score (nSPS) is 16.9. The third kappa shape index (κ3) is 4.49. The van der Waals surface area contributed by atoms with Crippen LogP contribution in [0.15, 0.2) is 55.0 Å². The summed E-state index contributed by atoms with van der Waals surface area (Å²) in [5.74, 6) is 0.541. The molecule has 1 saturated heterocycles. The van der Waals surface area contributed by atoms with Crippen molar-refractivity contribution in [3.8, 4) is 28.3 Å². The summed E-state index contributed by atoms with van der Waals surface area (Å²) in [6, 6.07) is 12.9. The molecule has 176 valence electrons. The van der Waals surface area contributed by atoms with Crippen molar-refractivity contribution in [3.63, 3.8) is 0 Å². The predicted molar refractivity (Wildman–Crippen MR) is 123 cm³/mol. The molecule has 0 spiro atoms. The molecule has 0 saturated carbocycles. The third-order valence-corrected chi connectivity index (χ3v) is 5.79. The van der Waals surface area contributed by atoms with Gasteiger partial charge in [0, 0.05) is 40.8 Å². The maximum absolute atomic E-state index is 13.1. The summed E-state index contributed by atoms with van der Waals surface area (Å²) in [6.07, 6.45) is 0.355. The fraction of sp³-hybridized carbons (Fsp3) is 0.320. The lowest BCUT2D eigenvalue weighted by Crippen LogP contribution is -2.17. The highest BCUT2D eigenvalue weighted by molar-refractivity contribution is 5.96. The highest BCUT2D eigenvalue weighted by Gasteiger charge is 2.23. The van der Waals surface area contributed by atoms with Gasteiger partial charge in [-0.05, 0) is 13.0 Å². The summed E-state index contributed by atoms with van der Waals surface area (Å²) in [6.45, 7) is 2.28. The standard InChI is InChI=1S/C25H24F2N4O3/c1-15(32)18-9-19-21(10-22(18)34-17-7-8-33-13-17)28-14-29-25(19)20-11-31(12-23(26)27)30-24(20)16-5-3-2-4-6-16/h2-6,9-11,14-15,17,23,32H,7-8,12-13H2,1H3/t15?,17-/m0/s1. The lowest BCUT2D eigenvalue weighted by Gasteiger charge is -2.18. The number of halogens is 2. The number of hydrogen-bond donors (Lipinski definition) is 1. The van der Waals surface area contributed by atoms with Crippen LogP contribution in [0.5, 0.6) is 5.75 Å². The molecular formula is C25H24F2N4O3. The van der Waals surface area contributed by atoms with Crippen LogP contribution in [0.2, 0.25) is 0 Å². The van der Waals surface area contributed by atoms with E-state index < -0.39 is 19.1 Å². The van der Waals surface area contributed by atoms with Crippen molar-refractivity contribution < 1.29 is 23.4 Å². The van der Waals surface area contributed by atoms with E-state index in [1.54, 1.807) is 25.3 Å². The first-order valence-corrected chi connectivity index (χ1v) is 11.1. The Balaban J connectivity index is 1.66. The fourth-order valence-electron chi connectivity index (χ4n) is 4.17. The van der Waals surface area contributed by atoms with E-state index in [-0.39, 0.29) is 6.10 Å². The Kier molecular flexibility index (Phi) is 6.21. The Hall–Kier alpha value is -3.43. The molecule has 1 unspecified atom stereocenters. The zero-order valence-electron chi connectivity index (χ0n) is 18.6. The van der Waals surface area contributed by atoms with Crippen molar-refractivity contribution in [1.29, 1.82) is 0 Å². The monoisotopic (exact) mass is 466 g/mol. The van der Waals surface area contributed by atoms with Crippen LogP contribution in [0.1, 0.15) is 25.0 Å². The highest BCUT2D eigenvalue weighted by Crippen LogP contribution is 2.38. The molecule has 34 heavy (non-hydrogen) atoms. The number of nitrogens with zero attached hydrogens (tertiary/aromatic N) is 4. The number of aromatic nitrogens is 4. The molecule has 2 aromatic heterocycles. The number of benzene rings is 2. The van der Waals surface area contributed by atoms with Crippen LogP contribution in [0.3, 0.4) is 0 Å². The first-order valence-electron chi connectivity index (χ1n) is 11.1. The number of hydrogen-bond acceptors (Lipinski definition) is 6. The van der Waals surface area contributed by atoms with Gasteiger partial charge in [0.05, 0.1) is 30.5 Å². The summed E-state index contributed by atoms with van der Waals surface area (Å²) in [5, 5.41) is 15.6. The van der Waals surface area contributed by atoms with Gasteiger partial charge in [0.2, 0.25) is 0 Å². The Bertz CT molecular complexity index is 1290. The second kappa shape index (κ2) is 9.44. The summed E-state index contributed by atoms with van der Waals surface area (Å²) in [5.41, 5.74) is 3.69. The highest BCUT2D eigenvalue weighted by atomic mass is 19.3. The molecule has 2 atom stereocenters. The first kappa shape index (κ1) is 22.4. The van der Waals surface area contributed by atoms with Gasteiger partial charge in [-0.15, -0.1) is 0 Å². The molecule has 2 aromatic carbocycles. The van der Waals surface area contributed by atoms with E-state index in [2.05, 4.69) is 15.1 Å². The van der Waals surface area contributed by atoms with E-state index in [9.17, 15) is 13.9 Å². The number of fused-ring (bicyclic) bond motifs is 1. The van der Waals surface area contributed by atoms with Crippen molar-refractivity contribution in [1.82, 2.24) is 19.7 Å². The quantitative estimate of drug-likeness (QED) is 0.427. The second-order valence-corrected chi connectivity index (χ2v) is 8.28. The van der Waals surface area contributed by atoms with Gasteiger partial charge in [0.25, 0.3) is 6.43 Å². The van der Waals surface area contributed by atoms with Gasteiger partial charge in [0.15, 0.2) is 0 Å². The number of rotatable bonds is 7. The van der Waals surface area contributed by atoms with E-state index in [4.69, 9.17) is 9.47 Å². The Morgan fingerprint density at radius 2 is 2.00 bits per heavy atom. The Morgan fingerprint density at radius 3 is 2.71 bits per heavy atom. The van der Waals surface area contributed by atoms with E-state index in [1.165, 1.54) is 11.0 Å². The number of aliphatic hydroxyl groups excluding tert-OH is 1. The molecule has 0 amide bonds. The molecule has 5 rings (SSSR count). The molecule has 1 N–H and O–H groups in total. The van der Waals surface area contributed by atoms with Crippen LogP contribution in [0.4, 0.5) is 8.78 Å². The summed E-state index contributed by atoms with van der Waals surface area (Å²) in [7, 11) is 0. The van der Waals surface area contributed by atoms with Crippen LogP contribution in [0.25, 0.3) is 33.4 Å².